The Morgan fingerprint density at radius 3 is 2.88 bits per heavy atom. The van der Waals surface area contributed by atoms with Crippen LogP contribution in [0, 0.1) is 11.3 Å². The van der Waals surface area contributed by atoms with Gasteiger partial charge in [0.2, 0.25) is 5.89 Å². The van der Waals surface area contributed by atoms with Gasteiger partial charge in [-0.1, -0.05) is 24.2 Å². The summed E-state index contributed by atoms with van der Waals surface area (Å²) >= 11 is 0. The van der Waals surface area contributed by atoms with Crippen molar-refractivity contribution in [1.29, 1.82) is 5.26 Å². The van der Waals surface area contributed by atoms with Gasteiger partial charge >= 0.3 is 0 Å². The maximum absolute atomic E-state index is 9.34. The van der Waals surface area contributed by atoms with E-state index in [0.29, 0.717) is 5.89 Å². The second kappa shape index (κ2) is 8.13. The number of anilines is 1. The van der Waals surface area contributed by atoms with Crippen LogP contribution in [0.1, 0.15) is 50.0 Å². The molecular formula is C19H25N5O. The van der Waals surface area contributed by atoms with Crippen molar-refractivity contribution < 1.29 is 4.52 Å². The lowest BCUT2D eigenvalue weighted by molar-refractivity contribution is 0.184. The molecule has 1 saturated heterocycles. The maximum Gasteiger partial charge on any atom is 0.243 e. The molecule has 0 aliphatic carbocycles. The Kier molecular flexibility index (Phi) is 5.67. The van der Waals surface area contributed by atoms with Crippen LogP contribution >= 0.6 is 0 Å². The van der Waals surface area contributed by atoms with Crippen LogP contribution in [0.15, 0.2) is 28.8 Å². The molecule has 0 N–H and O–H groups in total. The Morgan fingerprint density at radius 2 is 2.08 bits per heavy atom. The van der Waals surface area contributed by atoms with Gasteiger partial charge in [0.25, 0.3) is 0 Å². The number of aryl methyl sites for hydroxylation is 1. The Hall–Kier alpha value is -2.39. The molecule has 3 rings (SSSR count). The minimum atomic E-state index is 0.115. The fraction of sp³-hybridized carbons (Fsp3) is 0.526. The van der Waals surface area contributed by atoms with E-state index in [-0.39, 0.29) is 6.04 Å². The number of hydrogen-bond donors (Lipinski definition) is 0. The highest BCUT2D eigenvalue weighted by Crippen LogP contribution is 2.24. The van der Waals surface area contributed by atoms with Crippen molar-refractivity contribution in [3.05, 3.63) is 41.5 Å². The van der Waals surface area contributed by atoms with E-state index >= 15 is 0 Å². The van der Waals surface area contributed by atoms with E-state index < -0.39 is 0 Å². The molecule has 2 aromatic rings. The first-order chi connectivity index (χ1) is 12.2. The molecule has 1 aliphatic rings. The summed E-state index contributed by atoms with van der Waals surface area (Å²) in [4.78, 5) is 9.23. The molecule has 1 fully saturated rings. The third kappa shape index (κ3) is 3.99. The lowest BCUT2D eigenvalue weighted by Crippen LogP contribution is -2.33. The molecule has 0 amide bonds. The zero-order chi connectivity index (χ0) is 17.6. The summed E-state index contributed by atoms with van der Waals surface area (Å²) in [6.45, 7) is 7.97. The van der Waals surface area contributed by atoms with Gasteiger partial charge < -0.3 is 9.42 Å². The highest BCUT2D eigenvalue weighted by molar-refractivity contribution is 5.59. The third-order valence-corrected chi connectivity index (χ3v) is 4.76. The van der Waals surface area contributed by atoms with Crippen molar-refractivity contribution in [2.45, 2.75) is 39.2 Å². The zero-order valence-corrected chi connectivity index (χ0v) is 15.0. The summed E-state index contributed by atoms with van der Waals surface area (Å²) < 4.78 is 5.46. The Balaban J connectivity index is 1.67. The van der Waals surface area contributed by atoms with Crippen LogP contribution in [0.3, 0.4) is 0 Å². The smallest absolute Gasteiger partial charge is 0.243 e. The molecule has 132 valence electrons. The molecule has 2 heterocycles. The molecule has 6 heteroatoms. The summed E-state index contributed by atoms with van der Waals surface area (Å²) in [5, 5.41) is 13.4. The van der Waals surface area contributed by atoms with Crippen LogP contribution in [0.5, 0.6) is 0 Å². The molecule has 0 radical (unpaired) electrons. The summed E-state index contributed by atoms with van der Waals surface area (Å²) in [7, 11) is 0. The minimum Gasteiger partial charge on any atom is -0.369 e. The summed E-state index contributed by atoms with van der Waals surface area (Å²) in [5.41, 5.74) is 1.77. The number of nitriles is 1. The Morgan fingerprint density at radius 1 is 1.24 bits per heavy atom. The quantitative estimate of drug-likeness (QED) is 0.833. The van der Waals surface area contributed by atoms with E-state index in [1.54, 1.807) is 0 Å². The molecule has 0 saturated carbocycles. The minimum absolute atomic E-state index is 0.115. The van der Waals surface area contributed by atoms with Gasteiger partial charge in [-0.15, -0.1) is 0 Å². The topological polar surface area (TPSA) is 69.2 Å². The third-order valence-electron chi connectivity index (χ3n) is 4.76. The van der Waals surface area contributed by atoms with E-state index in [9.17, 15) is 5.26 Å². The first-order valence-electron chi connectivity index (χ1n) is 9.03. The summed E-state index contributed by atoms with van der Waals surface area (Å²) in [6, 6.07) is 10.2. The predicted octanol–water partition coefficient (Wildman–Crippen LogP) is 3.17. The zero-order valence-electron chi connectivity index (χ0n) is 15.0. The van der Waals surface area contributed by atoms with E-state index in [1.165, 1.54) is 0 Å². The molecule has 1 unspecified atom stereocenters. The molecule has 0 bridgehead atoms. The molecule has 1 atom stereocenters. The molecular weight excluding hydrogens is 314 g/mol. The van der Waals surface area contributed by atoms with Gasteiger partial charge in [0.1, 0.15) is 6.07 Å². The summed E-state index contributed by atoms with van der Waals surface area (Å²) in [5.74, 6) is 1.50. The van der Waals surface area contributed by atoms with Crippen LogP contribution < -0.4 is 4.90 Å². The van der Waals surface area contributed by atoms with Crippen molar-refractivity contribution in [3.63, 3.8) is 0 Å². The predicted molar refractivity (Wildman–Crippen MR) is 96.3 cm³/mol. The Bertz CT molecular complexity index is 735. The van der Waals surface area contributed by atoms with Gasteiger partial charge in [0.05, 0.1) is 17.3 Å². The second-order valence-electron chi connectivity index (χ2n) is 6.48. The number of nitrogens with zero attached hydrogens (tertiary/aromatic N) is 5. The molecule has 0 spiro atoms. The number of benzene rings is 1. The standard InChI is InChI=1S/C19H25N5O/c1-3-7-18-21-19(25-22-18)15(2)23-10-6-11-24(13-12-23)17-9-5-4-8-16(17)14-20/h4-5,8-9,15H,3,6-7,10-13H2,1-2H3. The van der Waals surface area contributed by atoms with E-state index in [1.807, 2.05) is 24.3 Å². The second-order valence-corrected chi connectivity index (χ2v) is 6.48. The van der Waals surface area contributed by atoms with E-state index in [4.69, 9.17) is 4.52 Å². The fourth-order valence-corrected chi connectivity index (χ4v) is 3.33. The van der Waals surface area contributed by atoms with Gasteiger partial charge in [-0.3, -0.25) is 4.90 Å². The number of para-hydroxylation sites is 1. The van der Waals surface area contributed by atoms with Gasteiger partial charge in [-0.25, -0.2) is 0 Å². The van der Waals surface area contributed by atoms with Crippen LogP contribution in [0.2, 0.25) is 0 Å². The van der Waals surface area contributed by atoms with Crippen LogP contribution in [0.4, 0.5) is 5.69 Å². The average molecular weight is 339 g/mol. The largest absolute Gasteiger partial charge is 0.369 e. The Labute approximate surface area is 149 Å². The van der Waals surface area contributed by atoms with Crippen LogP contribution in [0.25, 0.3) is 0 Å². The first kappa shape index (κ1) is 17.4. The molecule has 6 nitrogen and oxygen atoms in total. The molecule has 1 aromatic carbocycles. The van der Waals surface area contributed by atoms with E-state index in [2.05, 4.69) is 39.9 Å². The molecule has 1 aromatic heterocycles. The van der Waals surface area contributed by atoms with Crippen molar-refractivity contribution >= 4 is 5.69 Å². The maximum atomic E-state index is 9.34. The van der Waals surface area contributed by atoms with Crippen molar-refractivity contribution in [2.24, 2.45) is 0 Å². The SMILES string of the molecule is CCCc1noc(C(C)N2CCCN(c3ccccc3C#N)CC2)n1. The van der Waals surface area contributed by atoms with Crippen molar-refractivity contribution in [3.8, 4) is 6.07 Å². The first-order valence-corrected chi connectivity index (χ1v) is 9.03. The van der Waals surface area contributed by atoms with Gasteiger partial charge in [0.15, 0.2) is 5.82 Å². The fourth-order valence-electron chi connectivity index (χ4n) is 3.33. The van der Waals surface area contributed by atoms with Crippen LogP contribution in [-0.2, 0) is 6.42 Å². The highest BCUT2D eigenvalue weighted by Gasteiger charge is 2.25. The number of rotatable bonds is 5. The van der Waals surface area contributed by atoms with Gasteiger partial charge in [0, 0.05) is 32.6 Å². The average Bonchev–Trinajstić information content (AvgIpc) is 2.97. The highest BCUT2D eigenvalue weighted by atomic mass is 16.5. The lowest BCUT2D eigenvalue weighted by atomic mass is 10.1. The van der Waals surface area contributed by atoms with Crippen molar-refractivity contribution in [1.82, 2.24) is 15.0 Å². The molecule has 1 aliphatic heterocycles. The van der Waals surface area contributed by atoms with Gasteiger partial charge in [-0.2, -0.15) is 10.2 Å². The van der Waals surface area contributed by atoms with E-state index in [0.717, 1.165) is 62.5 Å². The van der Waals surface area contributed by atoms with Gasteiger partial charge in [-0.05, 0) is 31.9 Å². The lowest BCUT2D eigenvalue weighted by Gasteiger charge is -2.26. The summed E-state index contributed by atoms with van der Waals surface area (Å²) in [6.07, 6.45) is 2.92. The van der Waals surface area contributed by atoms with Crippen LogP contribution in [-0.4, -0.2) is 41.2 Å². The number of hydrogen-bond acceptors (Lipinski definition) is 6. The van der Waals surface area contributed by atoms with Crippen molar-refractivity contribution in [2.75, 3.05) is 31.1 Å². The normalized spacial score (nSPS) is 17.1. The molecule has 25 heavy (non-hydrogen) atoms. The monoisotopic (exact) mass is 339 g/mol. The number of aromatic nitrogens is 2.